The van der Waals surface area contributed by atoms with E-state index in [4.69, 9.17) is 9.47 Å². The summed E-state index contributed by atoms with van der Waals surface area (Å²) in [5.74, 6) is 1.53. The molecule has 0 bridgehead atoms. The average molecular weight is 436 g/mol. The van der Waals surface area contributed by atoms with Crippen molar-refractivity contribution < 1.29 is 9.47 Å². The first-order chi connectivity index (χ1) is 15.4. The molecule has 0 unspecified atom stereocenters. The third-order valence-electron chi connectivity index (χ3n) is 6.29. The summed E-state index contributed by atoms with van der Waals surface area (Å²) in [4.78, 5) is 20.7. The Balaban J connectivity index is 1.56. The molecule has 1 aliphatic rings. The molecular formula is C26H33N3O3. The maximum absolute atomic E-state index is 12.8. The van der Waals surface area contributed by atoms with Crippen LogP contribution < -0.4 is 15.0 Å². The lowest BCUT2D eigenvalue weighted by Crippen LogP contribution is -2.45. The van der Waals surface area contributed by atoms with E-state index < -0.39 is 0 Å². The topological polar surface area (TPSA) is 57.8 Å². The van der Waals surface area contributed by atoms with Gasteiger partial charge in [0.2, 0.25) is 0 Å². The minimum absolute atomic E-state index is 0.142. The Morgan fingerprint density at radius 1 is 0.969 bits per heavy atom. The normalized spacial score (nSPS) is 15.3. The van der Waals surface area contributed by atoms with E-state index in [0.29, 0.717) is 17.7 Å². The maximum atomic E-state index is 12.8. The van der Waals surface area contributed by atoms with Gasteiger partial charge in [-0.05, 0) is 79.7 Å². The maximum Gasteiger partial charge on any atom is 0.260 e. The second-order valence-electron chi connectivity index (χ2n) is 8.88. The van der Waals surface area contributed by atoms with Gasteiger partial charge in [-0.15, -0.1) is 0 Å². The lowest BCUT2D eigenvalue weighted by Gasteiger charge is -2.32. The minimum atomic E-state index is -0.142. The number of benzene rings is 2. The smallest absolute Gasteiger partial charge is 0.260 e. The fourth-order valence-corrected chi connectivity index (χ4v) is 4.51. The molecule has 2 aromatic carbocycles. The molecule has 1 aromatic heterocycles. The molecule has 0 amide bonds. The molecule has 1 saturated heterocycles. The Bertz CT molecular complexity index is 1150. The number of pyridine rings is 1. The number of aryl methyl sites for hydroxylation is 3. The van der Waals surface area contributed by atoms with Crippen molar-refractivity contribution in [2.75, 3.05) is 53.5 Å². The lowest BCUT2D eigenvalue weighted by molar-refractivity contribution is 0.133. The monoisotopic (exact) mass is 435 g/mol. The minimum Gasteiger partial charge on any atom is -0.496 e. The Kier molecular flexibility index (Phi) is 6.53. The van der Waals surface area contributed by atoms with Crippen molar-refractivity contribution in [1.29, 1.82) is 0 Å². The molecule has 6 heteroatoms. The molecule has 0 saturated carbocycles. The fourth-order valence-electron chi connectivity index (χ4n) is 4.51. The highest BCUT2D eigenvalue weighted by Crippen LogP contribution is 2.31. The summed E-state index contributed by atoms with van der Waals surface area (Å²) < 4.78 is 11.6. The molecule has 6 nitrogen and oxygen atoms in total. The van der Waals surface area contributed by atoms with E-state index in [0.717, 1.165) is 71.8 Å². The number of fused-ring (bicyclic) bond motifs is 1. The van der Waals surface area contributed by atoms with Gasteiger partial charge in [-0.25, -0.2) is 0 Å². The van der Waals surface area contributed by atoms with Crippen LogP contribution in [0.4, 0.5) is 0 Å². The number of H-pyrrole nitrogens is 1. The Morgan fingerprint density at radius 3 is 2.31 bits per heavy atom. The lowest BCUT2D eigenvalue weighted by atomic mass is 10.0. The van der Waals surface area contributed by atoms with Crippen LogP contribution in [0.15, 0.2) is 35.1 Å². The van der Waals surface area contributed by atoms with Crippen molar-refractivity contribution in [3.63, 3.8) is 0 Å². The van der Waals surface area contributed by atoms with Crippen LogP contribution in [0.25, 0.3) is 22.0 Å². The predicted molar refractivity (Wildman–Crippen MR) is 130 cm³/mol. The van der Waals surface area contributed by atoms with E-state index in [1.54, 1.807) is 7.11 Å². The predicted octanol–water partition coefficient (Wildman–Crippen LogP) is 3.76. The molecule has 4 rings (SSSR count). The quantitative estimate of drug-likeness (QED) is 0.639. The Morgan fingerprint density at radius 2 is 1.66 bits per heavy atom. The molecule has 0 atom stereocenters. The first kappa shape index (κ1) is 22.4. The summed E-state index contributed by atoms with van der Waals surface area (Å²) in [6.45, 7) is 12.2. The summed E-state index contributed by atoms with van der Waals surface area (Å²) in [6.07, 6.45) is 0. The second kappa shape index (κ2) is 9.35. The number of rotatable bonds is 6. The van der Waals surface area contributed by atoms with Crippen molar-refractivity contribution in [2.45, 2.75) is 20.8 Å². The van der Waals surface area contributed by atoms with Crippen molar-refractivity contribution in [3.8, 4) is 22.8 Å². The zero-order valence-corrected chi connectivity index (χ0v) is 19.7. The molecule has 3 aromatic rings. The number of ether oxygens (including phenoxy) is 2. The highest BCUT2D eigenvalue weighted by molar-refractivity contribution is 5.90. The summed E-state index contributed by atoms with van der Waals surface area (Å²) in [7, 11) is 3.76. The number of aromatic amines is 1. The molecule has 2 heterocycles. The summed E-state index contributed by atoms with van der Waals surface area (Å²) >= 11 is 0. The third-order valence-corrected chi connectivity index (χ3v) is 6.29. The standard InChI is InChI=1S/C26H33N3O3/c1-17-12-21-16-22(27-26(30)24(21)23(13-17)31-5)20-14-18(2)25(19(3)15-20)32-11-10-29-8-6-28(4)7-9-29/h12-16H,6-11H2,1-5H3,(H,27,30). The number of nitrogens with zero attached hydrogens (tertiary/aromatic N) is 2. The highest BCUT2D eigenvalue weighted by Gasteiger charge is 2.15. The third kappa shape index (κ3) is 4.66. The SMILES string of the molecule is COc1cc(C)cc2cc(-c3cc(C)c(OCCN4CCN(C)CC4)c(C)c3)[nH]c(=O)c12. The summed E-state index contributed by atoms with van der Waals surface area (Å²) in [5.41, 5.74) is 4.83. The van der Waals surface area contributed by atoms with Gasteiger partial charge < -0.3 is 19.4 Å². The van der Waals surface area contributed by atoms with Gasteiger partial charge in [0.05, 0.1) is 12.5 Å². The molecule has 0 radical (unpaired) electrons. The van der Waals surface area contributed by atoms with Crippen molar-refractivity contribution in [2.24, 2.45) is 0 Å². The van der Waals surface area contributed by atoms with Gasteiger partial charge >= 0.3 is 0 Å². The number of aromatic nitrogens is 1. The number of nitrogens with one attached hydrogen (secondary N) is 1. The van der Waals surface area contributed by atoms with E-state index >= 15 is 0 Å². The van der Waals surface area contributed by atoms with Crippen LogP contribution in [-0.2, 0) is 0 Å². The Labute approximate surface area is 189 Å². The fraction of sp³-hybridized carbons (Fsp3) is 0.423. The van der Waals surface area contributed by atoms with Gasteiger partial charge in [-0.1, -0.05) is 6.07 Å². The molecule has 1 fully saturated rings. The number of hydrogen-bond donors (Lipinski definition) is 1. The van der Waals surface area contributed by atoms with Gasteiger partial charge in [-0.3, -0.25) is 9.69 Å². The van der Waals surface area contributed by atoms with E-state index in [-0.39, 0.29) is 5.56 Å². The molecule has 0 spiro atoms. The van der Waals surface area contributed by atoms with Crippen LogP contribution >= 0.6 is 0 Å². The highest BCUT2D eigenvalue weighted by atomic mass is 16.5. The first-order valence-corrected chi connectivity index (χ1v) is 11.2. The van der Waals surface area contributed by atoms with Crippen LogP contribution in [-0.4, -0.2) is 68.3 Å². The first-order valence-electron chi connectivity index (χ1n) is 11.2. The average Bonchev–Trinajstić information content (AvgIpc) is 2.75. The molecule has 1 aliphatic heterocycles. The number of hydrogen-bond acceptors (Lipinski definition) is 5. The molecular weight excluding hydrogens is 402 g/mol. The van der Waals surface area contributed by atoms with Crippen molar-refractivity contribution >= 4 is 10.8 Å². The number of likely N-dealkylation sites (N-methyl/N-ethyl adjacent to an activating group) is 1. The van der Waals surface area contributed by atoms with Gasteiger partial charge in [0, 0.05) is 38.4 Å². The molecule has 0 aliphatic carbocycles. The van der Waals surface area contributed by atoms with E-state index in [1.807, 2.05) is 25.1 Å². The van der Waals surface area contributed by atoms with Crippen molar-refractivity contribution in [3.05, 3.63) is 57.4 Å². The van der Waals surface area contributed by atoms with Crippen LogP contribution in [0.2, 0.25) is 0 Å². The second-order valence-corrected chi connectivity index (χ2v) is 8.88. The molecule has 1 N–H and O–H groups in total. The Hall–Kier alpha value is -2.83. The van der Waals surface area contributed by atoms with E-state index in [9.17, 15) is 4.79 Å². The molecule has 32 heavy (non-hydrogen) atoms. The summed E-state index contributed by atoms with van der Waals surface area (Å²) in [6, 6.07) is 10.1. The number of methoxy groups -OCH3 is 1. The van der Waals surface area contributed by atoms with E-state index in [1.165, 1.54) is 0 Å². The number of piperazine rings is 1. The van der Waals surface area contributed by atoms with Crippen LogP contribution in [0.1, 0.15) is 16.7 Å². The van der Waals surface area contributed by atoms with Gasteiger partial charge in [0.15, 0.2) is 0 Å². The van der Waals surface area contributed by atoms with Crippen LogP contribution in [0, 0.1) is 20.8 Å². The van der Waals surface area contributed by atoms with Gasteiger partial charge in [-0.2, -0.15) is 0 Å². The zero-order chi connectivity index (χ0) is 22.8. The van der Waals surface area contributed by atoms with Crippen molar-refractivity contribution in [1.82, 2.24) is 14.8 Å². The van der Waals surface area contributed by atoms with E-state index in [2.05, 4.69) is 47.8 Å². The van der Waals surface area contributed by atoms with Gasteiger partial charge in [0.1, 0.15) is 18.1 Å². The van der Waals surface area contributed by atoms with Crippen LogP contribution in [0.5, 0.6) is 11.5 Å². The zero-order valence-electron chi connectivity index (χ0n) is 19.7. The molecule has 170 valence electrons. The van der Waals surface area contributed by atoms with Gasteiger partial charge in [0.25, 0.3) is 5.56 Å². The van der Waals surface area contributed by atoms with Crippen LogP contribution in [0.3, 0.4) is 0 Å². The largest absolute Gasteiger partial charge is 0.496 e. The summed E-state index contributed by atoms with van der Waals surface area (Å²) in [5, 5.41) is 1.46.